The van der Waals surface area contributed by atoms with E-state index in [4.69, 9.17) is 11.6 Å². The van der Waals surface area contributed by atoms with Gasteiger partial charge in [-0.05, 0) is 35.9 Å². The first-order chi connectivity index (χ1) is 10.3. The zero-order chi connectivity index (χ0) is 16.3. The topological polar surface area (TPSA) is 63.2 Å². The maximum Gasteiger partial charge on any atom is 0.228 e. The highest BCUT2D eigenvalue weighted by Crippen LogP contribution is 2.20. The van der Waals surface area contributed by atoms with Gasteiger partial charge in [0.05, 0.1) is 17.0 Å². The van der Waals surface area contributed by atoms with Gasteiger partial charge < -0.3 is 5.32 Å². The molecule has 0 aromatic heterocycles. The van der Waals surface area contributed by atoms with E-state index in [1.54, 1.807) is 24.3 Å². The maximum atomic E-state index is 13.7. The summed E-state index contributed by atoms with van der Waals surface area (Å²) in [6.07, 6.45) is 1.04. The van der Waals surface area contributed by atoms with Gasteiger partial charge in [0.2, 0.25) is 5.91 Å². The summed E-state index contributed by atoms with van der Waals surface area (Å²) in [5, 5.41) is 2.93. The summed E-state index contributed by atoms with van der Waals surface area (Å²) >= 11 is 5.75. The van der Waals surface area contributed by atoms with Gasteiger partial charge in [-0.25, -0.2) is 12.8 Å². The smallest absolute Gasteiger partial charge is 0.228 e. The number of hydrogen-bond acceptors (Lipinski definition) is 3. The van der Waals surface area contributed by atoms with E-state index in [0.717, 1.165) is 24.5 Å². The number of nitrogens with one attached hydrogen (secondary N) is 1. The van der Waals surface area contributed by atoms with Crippen LogP contribution in [-0.4, -0.2) is 20.6 Å². The molecule has 0 spiro atoms. The van der Waals surface area contributed by atoms with E-state index < -0.39 is 21.6 Å². The van der Waals surface area contributed by atoms with Crippen molar-refractivity contribution in [1.82, 2.24) is 0 Å². The second-order valence-corrected chi connectivity index (χ2v) is 7.22. The molecule has 0 atom stereocenters. The summed E-state index contributed by atoms with van der Waals surface area (Å²) in [6, 6.07) is 9.93. The van der Waals surface area contributed by atoms with Crippen LogP contribution in [0.4, 0.5) is 10.1 Å². The van der Waals surface area contributed by atoms with Crippen molar-refractivity contribution in [3.8, 4) is 0 Å². The number of carbonyl (C=O) groups is 1. The molecule has 0 heterocycles. The first-order valence-electron chi connectivity index (χ1n) is 6.29. The minimum Gasteiger partial charge on any atom is -0.323 e. The normalized spacial score (nSPS) is 11.2. The molecule has 0 aliphatic carbocycles. The Labute approximate surface area is 132 Å². The number of benzene rings is 2. The predicted octanol–water partition coefficient (Wildman–Crippen LogP) is 3.06. The largest absolute Gasteiger partial charge is 0.323 e. The fourth-order valence-corrected chi connectivity index (χ4v) is 2.59. The van der Waals surface area contributed by atoms with Crippen molar-refractivity contribution < 1.29 is 17.6 Å². The number of amides is 1. The van der Waals surface area contributed by atoms with Gasteiger partial charge >= 0.3 is 0 Å². The number of anilines is 1. The van der Waals surface area contributed by atoms with E-state index in [1.807, 2.05) is 0 Å². The zero-order valence-electron chi connectivity index (χ0n) is 11.6. The van der Waals surface area contributed by atoms with Crippen LogP contribution in [-0.2, 0) is 21.1 Å². The molecule has 0 fully saturated rings. The zero-order valence-corrected chi connectivity index (χ0v) is 13.2. The second kappa shape index (κ2) is 6.46. The van der Waals surface area contributed by atoms with Crippen molar-refractivity contribution in [3.05, 3.63) is 58.9 Å². The Morgan fingerprint density at radius 3 is 2.41 bits per heavy atom. The third-order valence-corrected chi connectivity index (χ3v) is 4.28. The molecule has 2 aromatic carbocycles. The quantitative estimate of drug-likeness (QED) is 0.869. The van der Waals surface area contributed by atoms with Gasteiger partial charge in [0.25, 0.3) is 0 Å². The third-order valence-electron chi connectivity index (χ3n) is 2.92. The highest BCUT2D eigenvalue weighted by Gasteiger charge is 2.13. The lowest BCUT2D eigenvalue weighted by atomic mass is 10.1. The molecule has 116 valence electrons. The minimum absolute atomic E-state index is 0.0275. The number of halogens is 2. The van der Waals surface area contributed by atoms with Crippen molar-refractivity contribution in [2.45, 2.75) is 11.3 Å². The van der Waals surface area contributed by atoms with E-state index >= 15 is 0 Å². The van der Waals surface area contributed by atoms with Gasteiger partial charge in [-0.15, -0.1) is 0 Å². The molecule has 2 rings (SSSR count). The molecule has 1 amide bonds. The Morgan fingerprint density at radius 1 is 1.18 bits per heavy atom. The molecule has 4 nitrogen and oxygen atoms in total. The van der Waals surface area contributed by atoms with Gasteiger partial charge in [0.15, 0.2) is 9.84 Å². The highest BCUT2D eigenvalue weighted by molar-refractivity contribution is 7.90. The van der Waals surface area contributed by atoms with Crippen LogP contribution in [0.1, 0.15) is 5.56 Å². The molecule has 22 heavy (non-hydrogen) atoms. The molecule has 0 saturated carbocycles. The lowest BCUT2D eigenvalue weighted by Gasteiger charge is -2.08. The van der Waals surface area contributed by atoms with Crippen molar-refractivity contribution in [2.24, 2.45) is 0 Å². The van der Waals surface area contributed by atoms with E-state index in [0.29, 0.717) is 10.6 Å². The van der Waals surface area contributed by atoms with Crippen LogP contribution < -0.4 is 5.32 Å². The fourth-order valence-electron chi connectivity index (χ4n) is 1.81. The van der Waals surface area contributed by atoms with Gasteiger partial charge in [-0.3, -0.25) is 4.79 Å². The van der Waals surface area contributed by atoms with Crippen LogP contribution in [0.3, 0.4) is 0 Å². The van der Waals surface area contributed by atoms with Crippen molar-refractivity contribution in [1.29, 1.82) is 0 Å². The van der Waals surface area contributed by atoms with Crippen LogP contribution in [0.5, 0.6) is 0 Å². The monoisotopic (exact) mass is 341 g/mol. The lowest BCUT2D eigenvalue weighted by molar-refractivity contribution is -0.115. The van der Waals surface area contributed by atoms with Crippen LogP contribution in [0.25, 0.3) is 0 Å². The summed E-state index contributed by atoms with van der Waals surface area (Å²) in [5.41, 5.74) is 0.545. The molecular weight excluding hydrogens is 329 g/mol. The van der Waals surface area contributed by atoms with Gasteiger partial charge in [-0.1, -0.05) is 23.7 Å². The molecule has 2 aromatic rings. The first kappa shape index (κ1) is 16.5. The number of sulfone groups is 1. The third kappa shape index (κ3) is 4.29. The van der Waals surface area contributed by atoms with Crippen LogP contribution in [0, 0.1) is 5.82 Å². The summed E-state index contributed by atoms with van der Waals surface area (Å²) in [5.74, 6) is -1.15. The Bertz CT molecular complexity index is 804. The lowest BCUT2D eigenvalue weighted by Crippen LogP contribution is -2.15. The molecule has 1 N–H and O–H groups in total. The Kier molecular flexibility index (Phi) is 4.83. The highest BCUT2D eigenvalue weighted by atomic mass is 35.5. The van der Waals surface area contributed by atoms with Crippen molar-refractivity contribution in [3.63, 3.8) is 0 Å². The standard InChI is InChI=1S/C15H13ClFNO3S/c1-22(20,21)12-6-7-13(17)14(9-12)18-15(19)8-10-2-4-11(16)5-3-10/h2-7,9H,8H2,1H3,(H,18,19). The summed E-state index contributed by atoms with van der Waals surface area (Å²) in [7, 11) is -3.47. The Hall–Kier alpha value is -1.92. The summed E-state index contributed by atoms with van der Waals surface area (Å²) in [6.45, 7) is 0. The van der Waals surface area contributed by atoms with Crippen molar-refractivity contribution >= 4 is 33.0 Å². The van der Waals surface area contributed by atoms with E-state index in [1.165, 1.54) is 0 Å². The van der Waals surface area contributed by atoms with Crippen LogP contribution in [0.15, 0.2) is 47.4 Å². The van der Waals surface area contributed by atoms with Gasteiger partial charge in [0.1, 0.15) is 5.82 Å². The summed E-state index contributed by atoms with van der Waals surface area (Å²) < 4.78 is 36.6. The van der Waals surface area contributed by atoms with Crippen molar-refractivity contribution in [2.75, 3.05) is 11.6 Å². The molecule has 0 radical (unpaired) electrons. The molecular formula is C15H13ClFNO3S. The number of rotatable bonds is 4. The first-order valence-corrected chi connectivity index (χ1v) is 8.56. The molecule has 0 aliphatic heterocycles. The molecule has 0 unspecified atom stereocenters. The molecule has 0 saturated heterocycles. The fraction of sp³-hybridized carbons (Fsp3) is 0.133. The van der Waals surface area contributed by atoms with Crippen LogP contribution in [0.2, 0.25) is 5.02 Å². The number of hydrogen-bond donors (Lipinski definition) is 1. The van der Waals surface area contributed by atoms with E-state index in [2.05, 4.69) is 5.32 Å². The van der Waals surface area contributed by atoms with Gasteiger partial charge in [0, 0.05) is 11.3 Å². The predicted molar refractivity (Wildman–Crippen MR) is 83.3 cm³/mol. The van der Waals surface area contributed by atoms with Gasteiger partial charge in [-0.2, -0.15) is 0 Å². The van der Waals surface area contributed by atoms with E-state index in [-0.39, 0.29) is 17.0 Å². The van der Waals surface area contributed by atoms with Crippen LogP contribution >= 0.6 is 11.6 Å². The summed E-state index contributed by atoms with van der Waals surface area (Å²) in [4.78, 5) is 11.9. The average Bonchev–Trinajstić information content (AvgIpc) is 2.42. The maximum absolute atomic E-state index is 13.7. The second-order valence-electron chi connectivity index (χ2n) is 4.77. The Morgan fingerprint density at radius 2 is 1.82 bits per heavy atom. The Balaban J connectivity index is 2.16. The average molecular weight is 342 g/mol. The molecule has 0 aliphatic rings. The number of carbonyl (C=O) groups excluding carboxylic acids is 1. The molecule has 7 heteroatoms. The van der Waals surface area contributed by atoms with E-state index in [9.17, 15) is 17.6 Å². The minimum atomic E-state index is -3.47. The molecule has 0 bridgehead atoms. The SMILES string of the molecule is CS(=O)(=O)c1ccc(F)c(NC(=O)Cc2ccc(Cl)cc2)c1.